The van der Waals surface area contributed by atoms with Crippen LogP contribution < -0.4 is 14.8 Å². The summed E-state index contributed by atoms with van der Waals surface area (Å²) in [5.74, 6) is 0.951. The number of carbonyl (C=O) groups is 1. The Morgan fingerprint density at radius 1 is 1.35 bits per heavy atom. The van der Waals surface area contributed by atoms with Crippen LogP contribution in [-0.4, -0.2) is 51.5 Å². The Kier molecular flexibility index (Phi) is 6.36. The predicted molar refractivity (Wildman–Crippen MR) is 89.8 cm³/mol. The van der Waals surface area contributed by atoms with Crippen LogP contribution in [0.2, 0.25) is 5.02 Å². The Balaban J connectivity index is 2.03. The van der Waals surface area contributed by atoms with E-state index in [2.05, 4.69) is 5.32 Å². The van der Waals surface area contributed by atoms with Crippen molar-refractivity contribution in [3.05, 3.63) is 17.2 Å². The lowest BCUT2D eigenvalue weighted by Gasteiger charge is -2.27. The molecule has 0 aliphatic carbocycles. The number of urea groups is 1. The van der Waals surface area contributed by atoms with E-state index in [1.165, 1.54) is 14.2 Å². The number of hydrogen-bond acceptors (Lipinski definition) is 4. The molecule has 1 atom stereocenters. The average Bonchev–Trinajstić information content (AvgIpc) is 2.56. The van der Waals surface area contributed by atoms with Crippen LogP contribution in [0.3, 0.4) is 0 Å². The molecular formula is C16H23ClN2O4. The minimum Gasteiger partial charge on any atom is -0.495 e. The maximum absolute atomic E-state index is 12.4. The number of anilines is 1. The largest absolute Gasteiger partial charge is 0.495 e. The van der Waals surface area contributed by atoms with Crippen LogP contribution in [0.5, 0.6) is 11.5 Å². The van der Waals surface area contributed by atoms with Gasteiger partial charge >= 0.3 is 6.03 Å². The zero-order chi connectivity index (χ0) is 16.8. The molecule has 23 heavy (non-hydrogen) atoms. The lowest BCUT2D eigenvalue weighted by molar-refractivity contribution is 0.00463. The van der Waals surface area contributed by atoms with Gasteiger partial charge in [0.05, 0.1) is 31.0 Å². The minimum absolute atomic E-state index is 0.0983. The van der Waals surface area contributed by atoms with Gasteiger partial charge in [-0.25, -0.2) is 4.79 Å². The Morgan fingerprint density at radius 3 is 2.70 bits per heavy atom. The fourth-order valence-electron chi connectivity index (χ4n) is 2.51. The SMILES string of the molecule is COc1cc(NC(=O)N(C)CC2CCCCO2)c(OC)cc1Cl. The highest BCUT2D eigenvalue weighted by Crippen LogP contribution is 2.35. The van der Waals surface area contributed by atoms with Crippen molar-refractivity contribution in [1.82, 2.24) is 4.90 Å². The van der Waals surface area contributed by atoms with Crippen molar-refractivity contribution < 1.29 is 19.0 Å². The third-order valence-electron chi connectivity index (χ3n) is 3.81. The van der Waals surface area contributed by atoms with E-state index in [9.17, 15) is 4.79 Å². The Labute approximate surface area is 141 Å². The molecule has 1 fully saturated rings. The maximum Gasteiger partial charge on any atom is 0.321 e. The fourth-order valence-corrected chi connectivity index (χ4v) is 2.74. The van der Waals surface area contributed by atoms with Gasteiger partial charge in [0.25, 0.3) is 0 Å². The summed E-state index contributed by atoms with van der Waals surface area (Å²) in [5, 5.41) is 3.24. The number of rotatable bonds is 5. The minimum atomic E-state index is -0.234. The molecule has 6 nitrogen and oxygen atoms in total. The molecule has 128 valence electrons. The second-order valence-electron chi connectivity index (χ2n) is 5.49. The molecule has 0 aromatic heterocycles. The highest BCUT2D eigenvalue weighted by Gasteiger charge is 2.20. The predicted octanol–water partition coefficient (Wildman–Crippen LogP) is 3.39. The molecule has 1 N–H and O–H groups in total. The van der Waals surface area contributed by atoms with Crippen molar-refractivity contribution in [2.75, 3.05) is 39.7 Å². The van der Waals surface area contributed by atoms with E-state index in [1.807, 2.05) is 0 Å². The van der Waals surface area contributed by atoms with Crippen LogP contribution in [0.15, 0.2) is 12.1 Å². The van der Waals surface area contributed by atoms with Crippen molar-refractivity contribution in [3.8, 4) is 11.5 Å². The molecule has 2 amide bonds. The molecule has 0 spiro atoms. The maximum atomic E-state index is 12.4. The van der Waals surface area contributed by atoms with Crippen LogP contribution in [0.1, 0.15) is 19.3 Å². The normalized spacial score (nSPS) is 17.5. The molecule has 7 heteroatoms. The molecular weight excluding hydrogens is 320 g/mol. The molecule has 1 unspecified atom stereocenters. The zero-order valence-corrected chi connectivity index (χ0v) is 14.5. The summed E-state index contributed by atoms with van der Waals surface area (Å²) in [5.41, 5.74) is 0.509. The first-order valence-corrected chi connectivity index (χ1v) is 7.98. The number of carbonyl (C=O) groups excluding carboxylic acids is 1. The third kappa shape index (κ3) is 4.65. The average molecular weight is 343 g/mol. The summed E-state index contributed by atoms with van der Waals surface area (Å²) in [6, 6.07) is 3.02. The fraction of sp³-hybridized carbons (Fsp3) is 0.562. The van der Waals surface area contributed by atoms with Gasteiger partial charge in [-0.15, -0.1) is 0 Å². The Bertz CT molecular complexity index is 547. The zero-order valence-electron chi connectivity index (χ0n) is 13.7. The highest BCUT2D eigenvalue weighted by atomic mass is 35.5. The van der Waals surface area contributed by atoms with Gasteiger partial charge in [-0.05, 0) is 19.3 Å². The van der Waals surface area contributed by atoms with Gasteiger partial charge in [0.2, 0.25) is 0 Å². The van der Waals surface area contributed by atoms with Crippen molar-refractivity contribution in [1.29, 1.82) is 0 Å². The Morgan fingerprint density at radius 2 is 2.09 bits per heavy atom. The van der Waals surface area contributed by atoms with Crippen molar-refractivity contribution in [2.24, 2.45) is 0 Å². The van der Waals surface area contributed by atoms with E-state index in [4.69, 9.17) is 25.8 Å². The standard InChI is InChI=1S/C16H23ClN2O4/c1-19(10-11-6-4-5-7-23-11)16(20)18-13-9-14(21-2)12(17)8-15(13)22-3/h8-9,11H,4-7,10H2,1-3H3,(H,18,20). The van der Waals surface area contributed by atoms with E-state index in [0.29, 0.717) is 28.8 Å². The summed E-state index contributed by atoms with van der Waals surface area (Å²) in [6.07, 6.45) is 3.31. The third-order valence-corrected chi connectivity index (χ3v) is 4.11. The summed E-state index contributed by atoms with van der Waals surface area (Å²) >= 11 is 6.06. The van der Waals surface area contributed by atoms with E-state index in [-0.39, 0.29) is 12.1 Å². The van der Waals surface area contributed by atoms with E-state index < -0.39 is 0 Å². The molecule has 1 aromatic rings. The first-order chi connectivity index (χ1) is 11.0. The van der Waals surface area contributed by atoms with Crippen LogP contribution in [0, 0.1) is 0 Å². The van der Waals surface area contributed by atoms with Crippen LogP contribution in [-0.2, 0) is 4.74 Å². The summed E-state index contributed by atoms with van der Waals surface area (Å²) in [6.45, 7) is 1.32. The number of likely N-dealkylation sites (N-methyl/N-ethyl adjacent to an activating group) is 1. The summed E-state index contributed by atoms with van der Waals surface area (Å²) in [4.78, 5) is 14.0. The first kappa shape index (κ1) is 17.7. The second-order valence-corrected chi connectivity index (χ2v) is 5.89. The molecule has 1 aromatic carbocycles. The molecule has 0 radical (unpaired) electrons. The highest BCUT2D eigenvalue weighted by molar-refractivity contribution is 6.32. The molecule has 1 saturated heterocycles. The van der Waals surface area contributed by atoms with E-state index in [0.717, 1.165) is 25.9 Å². The van der Waals surface area contributed by atoms with Crippen LogP contribution in [0.25, 0.3) is 0 Å². The van der Waals surface area contributed by atoms with Gasteiger partial charge in [0.15, 0.2) is 0 Å². The lowest BCUT2D eigenvalue weighted by Crippen LogP contribution is -2.39. The smallest absolute Gasteiger partial charge is 0.321 e. The second kappa shape index (κ2) is 8.26. The van der Waals surface area contributed by atoms with Crippen molar-refractivity contribution in [2.45, 2.75) is 25.4 Å². The quantitative estimate of drug-likeness (QED) is 0.891. The van der Waals surface area contributed by atoms with Gasteiger partial charge in [-0.3, -0.25) is 0 Å². The number of ether oxygens (including phenoxy) is 3. The van der Waals surface area contributed by atoms with Crippen LogP contribution >= 0.6 is 11.6 Å². The topological polar surface area (TPSA) is 60.0 Å². The molecule has 1 aliphatic heterocycles. The summed E-state index contributed by atoms with van der Waals surface area (Å²) < 4.78 is 16.1. The lowest BCUT2D eigenvalue weighted by atomic mass is 10.1. The van der Waals surface area contributed by atoms with Crippen molar-refractivity contribution in [3.63, 3.8) is 0 Å². The molecule has 0 bridgehead atoms. The van der Waals surface area contributed by atoms with E-state index in [1.54, 1.807) is 24.1 Å². The number of amides is 2. The molecule has 1 heterocycles. The number of nitrogens with one attached hydrogen (secondary N) is 1. The number of hydrogen-bond donors (Lipinski definition) is 1. The van der Waals surface area contributed by atoms with Crippen molar-refractivity contribution >= 4 is 23.3 Å². The first-order valence-electron chi connectivity index (χ1n) is 7.60. The van der Waals surface area contributed by atoms with Gasteiger partial charge in [0.1, 0.15) is 11.5 Å². The molecule has 1 aliphatic rings. The number of methoxy groups -OCH3 is 2. The number of nitrogens with zero attached hydrogens (tertiary/aromatic N) is 1. The summed E-state index contributed by atoms with van der Waals surface area (Å²) in [7, 11) is 4.78. The van der Waals surface area contributed by atoms with Gasteiger partial charge in [0, 0.05) is 32.3 Å². The van der Waals surface area contributed by atoms with Gasteiger partial charge in [-0.1, -0.05) is 11.6 Å². The van der Waals surface area contributed by atoms with Gasteiger partial charge < -0.3 is 24.4 Å². The molecule has 2 rings (SSSR count). The van der Waals surface area contributed by atoms with Gasteiger partial charge in [-0.2, -0.15) is 0 Å². The molecule has 0 saturated carbocycles. The monoisotopic (exact) mass is 342 g/mol. The number of benzene rings is 1. The number of halogens is 1. The Hall–Kier alpha value is -1.66. The van der Waals surface area contributed by atoms with E-state index >= 15 is 0 Å². The van der Waals surface area contributed by atoms with Crippen LogP contribution in [0.4, 0.5) is 10.5 Å².